The smallest absolute Gasteiger partial charge is 0.370 e. The summed E-state index contributed by atoms with van der Waals surface area (Å²) < 4.78 is 4.47. The Morgan fingerprint density at radius 2 is 1.75 bits per heavy atom. The van der Waals surface area contributed by atoms with Crippen LogP contribution in [0.25, 0.3) is 0 Å². The second-order valence-electron chi connectivity index (χ2n) is 3.06. The Kier molecular flexibility index (Phi) is 3.98. The van der Waals surface area contributed by atoms with E-state index in [1.807, 2.05) is 0 Å². The van der Waals surface area contributed by atoms with Gasteiger partial charge >= 0.3 is 11.9 Å². The summed E-state index contributed by atoms with van der Waals surface area (Å²) in [7, 11) is 0. The third kappa shape index (κ3) is 3.04. The van der Waals surface area contributed by atoms with Crippen molar-refractivity contribution in [1.82, 2.24) is 5.06 Å². The lowest BCUT2D eigenvalue weighted by Gasteiger charge is -2.12. The van der Waals surface area contributed by atoms with Crippen LogP contribution < -0.4 is 0 Å². The first-order valence-corrected chi connectivity index (χ1v) is 4.76. The number of hydroxylamine groups is 2. The number of imide groups is 1. The van der Waals surface area contributed by atoms with Crippen molar-refractivity contribution in [3.8, 4) is 0 Å². The number of amides is 2. The van der Waals surface area contributed by atoms with Crippen molar-refractivity contribution in [2.24, 2.45) is 0 Å². The minimum absolute atomic E-state index is 0.0286. The molecule has 0 aromatic carbocycles. The van der Waals surface area contributed by atoms with E-state index in [0.717, 1.165) is 0 Å². The highest BCUT2D eigenvalue weighted by Gasteiger charge is 2.32. The lowest BCUT2D eigenvalue weighted by atomic mass is 10.4. The SMILES string of the molecule is CCC(=O)OCC(=O)ON1C(=O)CCC1=O. The molecular weight excluding hydrogens is 218 g/mol. The van der Waals surface area contributed by atoms with Crippen molar-refractivity contribution in [2.45, 2.75) is 26.2 Å². The lowest BCUT2D eigenvalue weighted by molar-refractivity contribution is -0.200. The van der Waals surface area contributed by atoms with E-state index >= 15 is 0 Å². The fraction of sp³-hybridized carbons (Fsp3) is 0.556. The van der Waals surface area contributed by atoms with E-state index in [4.69, 9.17) is 0 Å². The van der Waals surface area contributed by atoms with Crippen molar-refractivity contribution in [1.29, 1.82) is 0 Å². The summed E-state index contributed by atoms with van der Waals surface area (Å²) in [6, 6.07) is 0. The summed E-state index contributed by atoms with van der Waals surface area (Å²) in [5.41, 5.74) is 0. The number of rotatable bonds is 4. The molecule has 0 radical (unpaired) electrons. The van der Waals surface area contributed by atoms with Crippen molar-refractivity contribution >= 4 is 23.8 Å². The van der Waals surface area contributed by atoms with Crippen molar-refractivity contribution in [2.75, 3.05) is 6.61 Å². The van der Waals surface area contributed by atoms with Crippen LogP contribution in [0.4, 0.5) is 0 Å². The number of nitrogens with zero attached hydrogens (tertiary/aromatic N) is 1. The molecule has 16 heavy (non-hydrogen) atoms. The molecule has 7 heteroatoms. The zero-order valence-corrected chi connectivity index (χ0v) is 8.73. The van der Waals surface area contributed by atoms with Gasteiger partial charge in [-0.05, 0) is 0 Å². The molecule has 0 unspecified atom stereocenters. The first-order valence-electron chi connectivity index (χ1n) is 4.76. The van der Waals surface area contributed by atoms with Crippen LogP contribution in [0.15, 0.2) is 0 Å². The molecule has 88 valence electrons. The second-order valence-corrected chi connectivity index (χ2v) is 3.06. The molecule has 0 aromatic heterocycles. The molecule has 1 heterocycles. The minimum atomic E-state index is -0.953. The van der Waals surface area contributed by atoms with Crippen LogP contribution in [0.2, 0.25) is 0 Å². The van der Waals surface area contributed by atoms with Crippen LogP contribution in [0.5, 0.6) is 0 Å². The molecule has 2 amide bonds. The lowest BCUT2D eigenvalue weighted by Crippen LogP contribution is -2.33. The number of hydrogen-bond donors (Lipinski definition) is 0. The van der Waals surface area contributed by atoms with E-state index in [1.165, 1.54) is 0 Å². The van der Waals surface area contributed by atoms with Gasteiger partial charge in [-0.1, -0.05) is 6.92 Å². The van der Waals surface area contributed by atoms with Crippen molar-refractivity contribution in [3.05, 3.63) is 0 Å². The van der Waals surface area contributed by atoms with Gasteiger partial charge in [0.15, 0.2) is 6.61 Å². The van der Waals surface area contributed by atoms with E-state index in [1.54, 1.807) is 6.92 Å². The van der Waals surface area contributed by atoms with Crippen LogP contribution in [-0.4, -0.2) is 35.4 Å². The molecule has 0 saturated carbocycles. The minimum Gasteiger partial charge on any atom is -0.454 e. The number of ether oxygens (including phenoxy) is 1. The third-order valence-corrected chi connectivity index (χ3v) is 1.84. The molecular formula is C9H11NO6. The van der Waals surface area contributed by atoms with Gasteiger partial charge in [0.25, 0.3) is 11.8 Å². The third-order valence-electron chi connectivity index (χ3n) is 1.84. The molecule has 0 spiro atoms. The van der Waals surface area contributed by atoms with E-state index in [0.29, 0.717) is 5.06 Å². The van der Waals surface area contributed by atoms with E-state index < -0.39 is 30.4 Å². The maximum Gasteiger partial charge on any atom is 0.370 e. The second kappa shape index (κ2) is 5.24. The van der Waals surface area contributed by atoms with Crippen molar-refractivity contribution in [3.63, 3.8) is 0 Å². The molecule has 0 aromatic rings. The average molecular weight is 229 g/mol. The Morgan fingerprint density at radius 1 is 1.19 bits per heavy atom. The van der Waals surface area contributed by atoms with Crippen molar-refractivity contribution < 1.29 is 28.8 Å². The summed E-state index contributed by atoms with van der Waals surface area (Å²) in [5.74, 6) is -2.65. The predicted molar refractivity (Wildman–Crippen MR) is 48.4 cm³/mol. The van der Waals surface area contributed by atoms with Gasteiger partial charge in [0.1, 0.15) is 0 Å². The van der Waals surface area contributed by atoms with Crippen LogP contribution >= 0.6 is 0 Å². The van der Waals surface area contributed by atoms with Gasteiger partial charge in [0, 0.05) is 19.3 Å². The highest BCUT2D eigenvalue weighted by atomic mass is 16.7. The molecule has 1 aliphatic rings. The van der Waals surface area contributed by atoms with Gasteiger partial charge in [-0.2, -0.15) is 0 Å². The van der Waals surface area contributed by atoms with E-state index in [2.05, 4.69) is 9.57 Å². The number of hydrogen-bond acceptors (Lipinski definition) is 6. The normalized spacial score (nSPS) is 15.2. The summed E-state index contributed by atoms with van der Waals surface area (Å²) in [6.07, 6.45) is 0.191. The average Bonchev–Trinajstić information content (AvgIpc) is 2.57. The van der Waals surface area contributed by atoms with Crippen LogP contribution in [0, 0.1) is 0 Å². The Morgan fingerprint density at radius 3 is 2.25 bits per heavy atom. The molecule has 0 atom stereocenters. The number of carbonyl (C=O) groups is 4. The monoisotopic (exact) mass is 229 g/mol. The van der Waals surface area contributed by atoms with E-state index in [-0.39, 0.29) is 19.3 Å². The quantitative estimate of drug-likeness (QED) is 0.479. The molecule has 1 aliphatic heterocycles. The van der Waals surface area contributed by atoms with Crippen LogP contribution in [0.3, 0.4) is 0 Å². The van der Waals surface area contributed by atoms with Gasteiger partial charge in [-0.25, -0.2) is 4.79 Å². The molecule has 1 saturated heterocycles. The van der Waals surface area contributed by atoms with Gasteiger partial charge < -0.3 is 9.57 Å². The molecule has 0 bridgehead atoms. The van der Waals surface area contributed by atoms with Crippen LogP contribution in [0.1, 0.15) is 26.2 Å². The first-order chi connectivity index (χ1) is 7.54. The fourth-order valence-corrected chi connectivity index (χ4v) is 1.03. The predicted octanol–water partition coefficient (Wildman–Crippen LogP) is -0.453. The molecule has 1 rings (SSSR count). The Balaban J connectivity index is 2.36. The topological polar surface area (TPSA) is 90.0 Å². The zero-order valence-electron chi connectivity index (χ0n) is 8.73. The highest BCUT2D eigenvalue weighted by Crippen LogP contribution is 2.11. The maximum absolute atomic E-state index is 11.1. The summed E-state index contributed by atoms with van der Waals surface area (Å²) in [4.78, 5) is 48.3. The Bertz CT molecular complexity index is 321. The Labute approximate surface area is 91.2 Å². The van der Waals surface area contributed by atoms with Crippen LogP contribution in [-0.2, 0) is 28.8 Å². The molecule has 7 nitrogen and oxygen atoms in total. The first kappa shape index (κ1) is 12.2. The summed E-state index contributed by atoms with van der Waals surface area (Å²) in [6.45, 7) is 0.963. The fourth-order valence-electron chi connectivity index (χ4n) is 1.03. The summed E-state index contributed by atoms with van der Waals surface area (Å²) in [5, 5.41) is 0.405. The van der Waals surface area contributed by atoms with Gasteiger partial charge in [-0.3, -0.25) is 14.4 Å². The standard InChI is InChI=1S/C9H11NO6/c1-2-8(13)15-5-9(14)16-10-6(11)3-4-7(10)12/h2-5H2,1H3. The highest BCUT2D eigenvalue weighted by molar-refractivity contribution is 6.01. The molecule has 1 fully saturated rings. The maximum atomic E-state index is 11.1. The van der Waals surface area contributed by atoms with E-state index in [9.17, 15) is 19.2 Å². The zero-order chi connectivity index (χ0) is 12.1. The number of carbonyl (C=O) groups excluding carboxylic acids is 4. The Hall–Kier alpha value is -1.92. The molecule has 0 aliphatic carbocycles. The largest absolute Gasteiger partial charge is 0.454 e. The number of esters is 1. The van der Waals surface area contributed by atoms with Gasteiger partial charge in [-0.15, -0.1) is 5.06 Å². The molecule has 0 N–H and O–H groups in total. The van der Waals surface area contributed by atoms with Gasteiger partial charge in [0.2, 0.25) is 0 Å². The van der Waals surface area contributed by atoms with Gasteiger partial charge in [0.05, 0.1) is 0 Å². The summed E-state index contributed by atoms with van der Waals surface area (Å²) >= 11 is 0.